The first-order valence-electron chi connectivity index (χ1n) is 6.11. The number of carbonyl (C=O) groups is 2. The van der Waals surface area contributed by atoms with Crippen molar-refractivity contribution in [1.82, 2.24) is 4.90 Å². The minimum Gasteiger partial charge on any atom is -0.481 e. The van der Waals surface area contributed by atoms with Gasteiger partial charge >= 0.3 is 5.97 Å². The smallest absolute Gasteiger partial charge is 0.310 e. The molecule has 0 aromatic rings. The van der Waals surface area contributed by atoms with Crippen molar-refractivity contribution in [3.63, 3.8) is 0 Å². The van der Waals surface area contributed by atoms with E-state index in [1.165, 1.54) is 0 Å². The third kappa shape index (κ3) is 1.72. The Bertz CT molecular complexity index is 401. The van der Waals surface area contributed by atoms with Crippen molar-refractivity contribution < 1.29 is 24.2 Å². The van der Waals surface area contributed by atoms with Crippen LogP contribution in [0.3, 0.4) is 0 Å². The predicted octanol–water partition coefficient (Wildman–Crippen LogP) is -0.501. The summed E-state index contributed by atoms with van der Waals surface area (Å²) in [6.07, 6.45) is 2.70. The number of ether oxygens (including phenoxy) is 2. The summed E-state index contributed by atoms with van der Waals surface area (Å²) in [5, 5.41) is 9.24. The number of rotatable bonds is 2. The second kappa shape index (κ2) is 4.37. The second-order valence-electron chi connectivity index (χ2n) is 4.78. The number of aliphatic carboxylic acids is 1. The van der Waals surface area contributed by atoms with E-state index in [-0.39, 0.29) is 12.0 Å². The summed E-state index contributed by atoms with van der Waals surface area (Å²) in [6, 6.07) is 0. The molecule has 3 aliphatic heterocycles. The molecule has 0 radical (unpaired) electrons. The summed E-state index contributed by atoms with van der Waals surface area (Å²) in [6.45, 7) is 2.09. The number of amides is 1. The van der Waals surface area contributed by atoms with Crippen LogP contribution in [0.4, 0.5) is 0 Å². The van der Waals surface area contributed by atoms with Crippen molar-refractivity contribution in [2.75, 3.05) is 26.3 Å². The monoisotopic (exact) mass is 253 g/mol. The Balaban J connectivity index is 1.79. The Morgan fingerprint density at radius 3 is 2.33 bits per heavy atom. The number of carboxylic acid groups (broad SMARTS) is 1. The van der Waals surface area contributed by atoms with Crippen LogP contribution in [0.2, 0.25) is 0 Å². The first-order valence-corrected chi connectivity index (χ1v) is 6.11. The number of fused-ring (bicyclic) bond motifs is 2. The summed E-state index contributed by atoms with van der Waals surface area (Å²) in [5.74, 6) is -2.42. The normalized spacial score (nSPS) is 38.1. The predicted molar refractivity (Wildman–Crippen MR) is 59.8 cm³/mol. The summed E-state index contributed by atoms with van der Waals surface area (Å²) in [4.78, 5) is 25.4. The highest BCUT2D eigenvalue weighted by Crippen LogP contribution is 2.40. The highest BCUT2D eigenvalue weighted by molar-refractivity contribution is 5.87. The molecule has 2 saturated heterocycles. The number of morpholine rings is 1. The Morgan fingerprint density at radius 1 is 1.11 bits per heavy atom. The maximum atomic E-state index is 12.4. The van der Waals surface area contributed by atoms with Gasteiger partial charge in [0.25, 0.3) is 0 Å². The lowest BCUT2D eigenvalue weighted by Gasteiger charge is -2.31. The molecule has 3 heterocycles. The average molecular weight is 253 g/mol. The lowest BCUT2D eigenvalue weighted by Crippen LogP contribution is -2.48. The lowest BCUT2D eigenvalue weighted by molar-refractivity contribution is -0.151. The van der Waals surface area contributed by atoms with Gasteiger partial charge in [-0.1, -0.05) is 12.2 Å². The molecule has 4 atom stereocenters. The molecule has 0 aromatic carbocycles. The van der Waals surface area contributed by atoms with Crippen molar-refractivity contribution in [2.45, 2.75) is 12.2 Å². The van der Waals surface area contributed by atoms with Crippen molar-refractivity contribution in [1.29, 1.82) is 0 Å². The standard InChI is InChI=1S/C12H15NO5/c14-11(13-3-5-17-6-4-13)9-7-1-2-8(18-7)10(9)12(15)16/h1-2,7-10H,3-6H2,(H,15,16)/t7-,8+,9+,10-/m0/s1. The van der Waals surface area contributed by atoms with Gasteiger partial charge in [-0.3, -0.25) is 9.59 Å². The van der Waals surface area contributed by atoms with Crippen molar-refractivity contribution in [3.05, 3.63) is 12.2 Å². The zero-order chi connectivity index (χ0) is 12.7. The first kappa shape index (κ1) is 11.7. The highest BCUT2D eigenvalue weighted by Gasteiger charge is 2.54. The summed E-state index contributed by atoms with van der Waals surface area (Å²) in [7, 11) is 0. The molecule has 0 unspecified atom stereocenters. The topological polar surface area (TPSA) is 76.1 Å². The van der Waals surface area contributed by atoms with Crippen molar-refractivity contribution in [3.8, 4) is 0 Å². The molecule has 6 nitrogen and oxygen atoms in total. The fourth-order valence-corrected chi connectivity index (χ4v) is 2.89. The zero-order valence-electron chi connectivity index (χ0n) is 9.82. The SMILES string of the molecule is O=C(O)[C@@H]1[C@H](C(=O)N2CCOCC2)[C@@H]2C=C[C@H]1O2. The van der Waals surface area contributed by atoms with Gasteiger partial charge < -0.3 is 19.5 Å². The molecule has 0 aromatic heterocycles. The molecule has 1 N–H and O–H groups in total. The van der Waals surface area contributed by atoms with E-state index in [1.54, 1.807) is 17.1 Å². The molecule has 2 bridgehead atoms. The lowest BCUT2D eigenvalue weighted by atomic mass is 9.82. The van der Waals surface area contributed by atoms with Crippen molar-refractivity contribution in [2.24, 2.45) is 11.8 Å². The highest BCUT2D eigenvalue weighted by atomic mass is 16.5. The van der Waals surface area contributed by atoms with E-state index in [4.69, 9.17) is 9.47 Å². The third-order valence-electron chi connectivity index (χ3n) is 3.79. The first-order chi connectivity index (χ1) is 8.68. The molecule has 0 aliphatic carbocycles. The van der Waals surface area contributed by atoms with Crippen LogP contribution < -0.4 is 0 Å². The van der Waals surface area contributed by atoms with Crippen LogP contribution >= 0.6 is 0 Å². The molecule has 18 heavy (non-hydrogen) atoms. The quantitative estimate of drug-likeness (QED) is 0.671. The Labute approximate surface area is 104 Å². The maximum absolute atomic E-state index is 12.4. The van der Waals surface area contributed by atoms with Gasteiger partial charge in [0.2, 0.25) is 5.91 Å². The average Bonchev–Trinajstić information content (AvgIpc) is 2.99. The minimum atomic E-state index is -0.960. The number of hydrogen-bond acceptors (Lipinski definition) is 4. The number of carboxylic acids is 1. The van der Waals surface area contributed by atoms with E-state index in [9.17, 15) is 14.7 Å². The van der Waals surface area contributed by atoms with E-state index in [1.807, 2.05) is 0 Å². The van der Waals surface area contributed by atoms with Crippen LogP contribution in [-0.2, 0) is 19.1 Å². The molecule has 6 heteroatoms. The summed E-state index contributed by atoms with van der Waals surface area (Å²) >= 11 is 0. The van der Waals surface area contributed by atoms with Gasteiger partial charge in [-0.2, -0.15) is 0 Å². The van der Waals surface area contributed by atoms with Crippen LogP contribution in [0.15, 0.2) is 12.2 Å². The van der Waals surface area contributed by atoms with Gasteiger partial charge in [0.1, 0.15) is 5.92 Å². The molecule has 0 saturated carbocycles. The molecular weight excluding hydrogens is 238 g/mol. The van der Waals surface area contributed by atoms with E-state index >= 15 is 0 Å². The molecule has 3 rings (SSSR count). The fraction of sp³-hybridized carbons (Fsp3) is 0.667. The van der Waals surface area contributed by atoms with Gasteiger partial charge in [0, 0.05) is 13.1 Å². The van der Waals surface area contributed by atoms with Gasteiger partial charge in [0.15, 0.2) is 0 Å². The van der Waals surface area contributed by atoms with E-state index in [0.29, 0.717) is 26.3 Å². The van der Waals surface area contributed by atoms with E-state index < -0.39 is 23.9 Å². The molecule has 3 aliphatic rings. The number of carbonyl (C=O) groups excluding carboxylic acids is 1. The molecule has 0 spiro atoms. The van der Waals surface area contributed by atoms with Crippen LogP contribution in [0.1, 0.15) is 0 Å². The molecule has 1 amide bonds. The molecule has 2 fully saturated rings. The van der Waals surface area contributed by atoms with Gasteiger partial charge in [-0.15, -0.1) is 0 Å². The van der Waals surface area contributed by atoms with Crippen LogP contribution in [0.25, 0.3) is 0 Å². The fourth-order valence-electron chi connectivity index (χ4n) is 2.89. The van der Waals surface area contributed by atoms with Crippen LogP contribution in [-0.4, -0.2) is 60.4 Å². The van der Waals surface area contributed by atoms with Crippen LogP contribution in [0.5, 0.6) is 0 Å². The third-order valence-corrected chi connectivity index (χ3v) is 3.79. The second-order valence-corrected chi connectivity index (χ2v) is 4.78. The number of nitrogens with zero attached hydrogens (tertiary/aromatic N) is 1. The largest absolute Gasteiger partial charge is 0.481 e. The maximum Gasteiger partial charge on any atom is 0.310 e. The van der Waals surface area contributed by atoms with E-state index in [2.05, 4.69) is 0 Å². The Kier molecular flexibility index (Phi) is 2.83. The Hall–Kier alpha value is -1.40. The van der Waals surface area contributed by atoms with Gasteiger partial charge in [-0.05, 0) is 0 Å². The summed E-state index contributed by atoms with van der Waals surface area (Å²) in [5.41, 5.74) is 0. The number of hydrogen-bond donors (Lipinski definition) is 1. The van der Waals surface area contributed by atoms with Gasteiger partial charge in [-0.25, -0.2) is 0 Å². The van der Waals surface area contributed by atoms with Crippen molar-refractivity contribution >= 4 is 11.9 Å². The zero-order valence-corrected chi connectivity index (χ0v) is 9.82. The summed E-state index contributed by atoms with van der Waals surface area (Å²) < 4.78 is 10.7. The van der Waals surface area contributed by atoms with Gasteiger partial charge in [0.05, 0.1) is 31.3 Å². The van der Waals surface area contributed by atoms with Crippen LogP contribution in [0, 0.1) is 11.8 Å². The van der Waals surface area contributed by atoms with E-state index in [0.717, 1.165) is 0 Å². The Morgan fingerprint density at radius 2 is 1.72 bits per heavy atom. The minimum absolute atomic E-state index is 0.123. The molecular formula is C12H15NO5. The molecule has 98 valence electrons.